The zero-order valence-electron chi connectivity index (χ0n) is 22.0. The molecule has 0 saturated heterocycles. The van der Waals surface area contributed by atoms with Crippen LogP contribution in [0.2, 0.25) is 0 Å². The summed E-state index contributed by atoms with van der Waals surface area (Å²) in [5.41, 5.74) is 6.10. The Morgan fingerprint density at radius 3 is 2.56 bits per heavy atom. The fourth-order valence-electron chi connectivity index (χ4n) is 4.56. The molecule has 178 valence electrons. The number of aryl methyl sites for hydroxylation is 1. The van der Waals surface area contributed by atoms with Gasteiger partial charge in [-0.2, -0.15) is 6.08 Å². The van der Waals surface area contributed by atoms with E-state index in [1.807, 2.05) is 25.1 Å². The summed E-state index contributed by atoms with van der Waals surface area (Å²) in [6.45, 7) is 19.1. The van der Waals surface area contributed by atoms with Gasteiger partial charge in [0.25, 0.3) is 0 Å². The first-order chi connectivity index (χ1) is 15.7. The van der Waals surface area contributed by atoms with E-state index >= 15 is 0 Å². The van der Waals surface area contributed by atoms with Crippen molar-refractivity contribution >= 4 is 6.08 Å². The number of nitrogens with one attached hydrogen (secondary N) is 1. The summed E-state index contributed by atoms with van der Waals surface area (Å²) in [5, 5.41) is 3.80. The summed E-state index contributed by atoms with van der Waals surface area (Å²) in [7, 11) is 0. The molecule has 1 fully saturated rings. The van der Waals surface area contributed by atoms with Crippen molar-refractivity contribution in [3.63, 3.8) is 0 Å². The van der Waals surface area contributed by atoms with Crippen LogP contribution in [0, 0.1) is 37.7 Å². The van der Waals surface area contributed by atoms with E-state index in [2.05, 4.69) is 69.8 Å². The molecule has 0 radical (unpaired) electrons. The van der Waals surface area contributed by atoms with Crippen molar-refractivity contribution in [3.05, 3.63) is 95.7 Å². The minimum absolute atomic E-state index is 0. The number of benzene rings is 1. The van der Waals surface area contributed by atoms with E-state index in [1.54, 1.807) is 12.1 Å². The Balaban J connectivity index is 0.00000408. The second-order valence-electron chi connectivity index (χ2n) is 9.88. The molecule has 0 amide bonds. The fraction of sp³-hybridized carbons (Fsp3) is 0.433. The molecule has 3 rings (SSSR count). The fourth-order valence-corrected chi connectivity index (χ4v) is 4.56. The predicted octanol–water partition coefficient (Wildman–Crippen LogP) is 4.87. The molecule has 1 aromatic carbocycles. The van der Waals surface area contributed by atoms with Crippen molar-refractivity contribution in [1.82, 2.24) is 10.2 Å². The summed E-state index contributed by atoms with van der Waals surface area (Å²) in [6, 6.07) is 5.32. The maximum absolute atomic E-state index is 14.4. The first-order valence-electron chi connectivity index (χ1n) is 12.2. The number of nitrogens with zero attached hydrogens (tertiary/aromatic N) is 1. The van der Waals surface area contributed by atoms with Gasteiger partial charge in [0, 0.05) is 11.1 Å². The van der Waals surface area contributed by atoms with Crippen LogP contribution in [-0.4, -0.2) is 10.4 Å². The van der Waals surface area contributed by atoms with E-state index in [0.717, 1.165) is 49.1 Å². The van der Waals surface area contributed by atoms with Crippen LogP contribution >= 0.6 is 0 Å². The molecular formula is C30H39FKN2-. The number of halogens is 1. The van der Waals surface area contributed by atoms with Gasteiger partial charge in [-0.1, -0.05) is 68.8 Å². The molecule has 1 saturated carbocycles. The summed E-state index contributed by atoms with van der Waals surface area (Å²) < 4.78 is 14.4. The Hall–Kier alpha value is -1.04. The summed E-state index contributed by atoms with van der Waals surface area (Å²) in [5.74, 6) is 0.605. The Morgan fingerprint density at radius 2 is 1.97 bits per heavy atom. The van der Waals surface area contributed by atoms with Gasteiger partial charge in [0.15, 0.2) is 0 Å². The van der Waals surface area contributed by atoms with Crippen molar-refractivity contribution in [1.29, 1.82) is 0 Å². The monoisotopic (exact) mass is 485 g/mol. The van der Waals surface area contributed by atoms with Crippen molar-refractivity contribution in [2.45, 2.75) is 72.3 Å². The molecule has 1 heterocycles. The molecule has 1 unspecified atom stereocenters. The van der Waals surface area contributed by atoms with Crippen LogP contribution in [0.5, 0.6) is 0 Å². The third kappa shape index (κ3) is 6.79. The summed E-state index contributed by atoms with van der Waals surface area (Å²) >= 11 is 0. The van der Waals surface area contributed by atoms with Gasteiger partial charge in [-0.25, -0.2) is 17.4 Å². The van der Waals surface area contributed by atoms with Gasteiger partial charge >= 0.3 is 51.4 Å². The zero-order valence-corrected chi connectivity index (χ0v) is 25.1. The number of rotatable bonds is 6. The van der Waals surface area contributed by atoms with Crippen LogP contribution in [0.15, 0.2) is 65.7 Å². The Labute approximate surface area is 249 Å². The van der Waals surface area contributed by atoms with Crippen molar-refractivity contribution < 1.29 is 55.8 Å². The van der Waals surface area contributed by atoms with Gasteiger partial charge in [-0.15, -0.1) is 12.7 Å². The molecule has 1 aromatic rings. The number of hydrogen-bond donors (Lipinski definition) is 1. The second kappa shape index (κ2) is 12.8. The Kier molecular flexibility index (Phi) is 11.0. The molecule has 0 bridgehead atoms. The van der Waals surface area contributed by atoms with Crippen LogP contribution in [-0.2, 0) is 0 Å². The van der Waals surface area contributed by atoms with Crippen molar-refractivity contribution in [2.75, 3.05) is 0 Å². The minimum Gasteiger partial charge on any atom is -0.441 e. The Bertz CT molecular complexity index is 989. The van der Waals surface area contributed by atoms with Gasteiger partial charge < -0.3 is 10.2 Å². The first-order valence-corrected chi connectivity index (χ1v) is 12.2. The van der Waals surface area contributed by atoms with E-state index < -0.39 is 0 Å². The predicted molar refractivity (Wildman–Crippen MR) is 138 cm³/mol. The summed E-state index contributed by atoms with van der Waals surface area (Å²) in [4.78, 5) is 2.19. The number of hydrogen-bond acceptors (Lipinski definition) is 2. The summed E-state index contributed by atoms with van der Waals surface area (Å²) in [6.07, 6.45) is 16.6. The third-order valence-electron chi connectivity index (χ3n) is 6.92. The van der Waals surface area contributed by atoms with Crippen LogP contribution in [0.4, 0.5) is 4.39 Å². The SMILES string of the molecule is C=C(C(C)C)N1[C-]=C(/C=C\[CH2-])NC2(CCC(=Cc3cc(C)ccc3F)CC2)/C1=C/C(C)CC.[K+]. The average Bonchev–Trinajstić information content (AvgIpc) is 2.79. The van der Waals surface area contributed by atoms with Gasteiger partial charge in [-0.05, 0) is 68.5 Å². The molecule has 2 nitrogen and oxygen atoms in total. The van der Waals surface area contributed by atoms with Crippen LogP contribution in [0.25, 0.3) is 6.08 Å². The normalized spacial score (nSPS) is 22.6. The van der Waals surface area contributed by atoms with Crippen molar-refractivity contribution in [3.8, 4) is 0 Å². The third-order valence-corrected chi connectivity index (χ3v) is 6.92. The van der Waals surface area contributed by atoms with E-state index in [9.17, 15) is 4.39 Å². The molecule has 1 atom stereocenters. The standard InChI is InChI=1S/C30H39FN2.K/c1-8-10-27-20-33(24(7)21(3)4)29(18-22(5)9-2)30(32-27)15-13-25(14-16-30)19-26-17-23(6)11-12-28(26)31;/h8,10-12,17-19,21-22,32H,1,7,9,13-16H2,2-6H3;/q-2;+1/b10-8-,25-19?,29-18-;. The first kappa shape index (κ1) is 29.2. The molecule has 4 heteroatoms. The van der Waals surface area contributed by atoms with E-state index in [4.69, 9.17) is 0 Å². The van der Waals surface area contributed by atoms with Gasteiger partial charge in [0.05, 0.1) is 0 Å². The van der Waals surface area contributed by atoms with Crippen LogP contribution in [0.3, 0.4) is 0 Å². The molecular weight excluding hydrogens is 446 g/mol. The quantitative estimate of drug-likeness (QED) is 0.457. The molecule has 1 aliphatic heterocycles. The number of allylic oxidation sites excluding steroid dienone is 5. The molecule has 1 spiro atoms. The Morgan fingerprint density at radius 1 is 1.29 bits per heavy atom. The van der Waals surface area contributed by atoms with Gasteiger partial charge in [0.1, 0.15) is 5.82 Å². The van der Waals surface area contributed by atoms with E-state index in [1.165, 1.54) is 11.3 Å². The van der Waals surface area contributed by atoms with E-state index in [-0.39, 0.29) is 62.7 Å². The molecule has 1 aliphatic carbocycles. The topological polar surface area (TPSA) is 15.3 Å². The maximum atomic E-state index is 14.4. The van der Waals surface area contributed by atoms with E-state index in [0.29, 0.717) is 17.4 Å². The van der Waals surface area contributed by atoms with Crippen LogP contribution < -0.4 is 56.7 Å². The molecule has 34 heavy (non-hydrogen) atoms. The zero-order chi connectivity index (χ0) is 24.2. The average molecular weight is 486 g/mol. The molecule has 1 N–H and O–H groups in total. The minimum atomic E-state index is -0.205. The second-order valence-corrected chi connectivity index (χ2v) is 9.88. The largest absolute Gasteiger partial charge is 1.00 e. The maximum Gasteiger partial charge on any atom is 1.00 e. The van der Waals surface area contributed by atoms with Gasteiger partial charge in [0.2, 0.25) is 0 Å². The van der Waals surface area contributed by atoms with Crippen LogP contribution in [0.1, 0.15) is 70.9 Å². The smallest absolute Gasteiger partial charge is 0.441 e. The van der Waals surface area contributed by atoms with Crippen molar-refractivity contribution in [2.24, 2.45) is 11.8 Å². The molecule has 0 aromatic heterocycles. The van der Waals surface area contributed by atoms with Gasteiger partial charge in [-0.3, -0.25) is 0 Å². The molecule has 2 aliphatic rings.